The predicted octanol–water partition coefficient (Wildman–Crippen LogP) is 2.76. The van der Waals surface area contributed by atoms with Crippen LogP contribution in [-0.4, -0.2) is 34.3 Å². The maximum Gasteiger partial charge on any atom is 0.337 e. The highest BCUT2D eigenvalue weighted by molar-refractivity contribution is 5.89. The Bertz CT molecular complexity index is 668. The molecule has 1 aromatic carbocycles. The van der Waals surface area contributed by atoms with Gasteiger partial charge in [0, 0.05) is 11.7 Å². The standard InChI is InChI=1S/C16H19N5O2/c1-23-15(22)11-6-8-13(9-7-11)19-16-20-14(10-17-21-16)18-12-4-2-3-5-12/h6-10,12H,2-5H2,1H3,(H2,18,19,20,21). The molecule has 2 N–H and O–H groups in total. The van der Waals surface area contributed by atoms with Crippen molar-refractivity contribution in [2.24, 2.45) is 0 Å². The van der Waals surface area contributed by atoms with Gasteiger partial charge in [0.25, 0.3) is 0 Å². The molecular formula is C16H19N5O2. The molecule has 3 rings (SSSR count). The van der Waals surface area contributed by atoms with E-state index in [4.69, 9.17) is 0 Å². The third kappa shape index (κ3) is 3.94. The lowest BCUT2D eigenvalue weighted by Crippen LogP contribution is -2.16. The average Bonchev–Trinajstić information content (AvgIpc) is 3.08. The van der Waals surface area contributed by atoms with E-state index in [2.05, 4.69) is 30.6 Å². The van der Waals surface area contributed by atoms with Gasteiger partial charge in [-0.25, -0.2) is 4.79 Å². The summed E-state index contributed by atoms with van der Waals surface area (Å²) in [6.45, 7) is 0. The lowest BCUT2D eigenvalue weighted by Gasteiger charge is -2.12. The number of anilines is 3. The number of methoxy groups -OCH3 is 1. The monoisotopic (exact) mass is 313 g/mol. The third-order valence-corrected chi connectivity index (χ3v) is 3.83. The molecule has 2 aromatic rings. The number of carbonyl (C=O) groups excluding carboxylic acids is 1. The number of carbonyl (C=O) groups is 1. The van der Waals surface area contributed by atoms with Crippen molar-refractivity contribution in [3.8, 4) is 0 Å². The van der Waals surface area contributed by atoms with Crippen LogP contribution in [0.15, 0.2) is 30.5 Å². The topological polar surface area (TPSA) is 89.0 Å². The van der Waals surface area contributed by atoms with Crippen LogP contribution in [0.4, 0.5) is 17.5 Å². The maximum atomic E-state index is 11.4. The van der Waals surface area contributed by atoms with Gasteiger partial charge in [-0.3, -0.25) is 0 Å². The molecule has 0 spiro atoms. The van der Waals surface area contributed by atoms with Gasteiger partial charge in [-0.2, -0.15) is 10.1 Å². The Hall–Kier alpha value is -2.70. The van der Waals surface area contributed by atoms with Gasteiger partial charge in [0.2, 0.25) is 5.95 Å². The highest BCUT2D eigenvalue weighted by Crippen LogP contribution is 2.21. The molecule has 23 heavy (non-hydrogen) atoms. The van der Waals surface area contributed by atoms with Crippen LogP contribution >= 0.6 is 0 Å². The lowest BCUT2D eigenvalue weighted by atomic mass is 10.2. The van der Waals surface area contributed by atoms with Gasteiger partial charge in [-0.05, 0) is 37.1 Å². The minimum Gasteiger partial charge on any atom is -0.465 e. The summed E-state index contributed by atoms with van der Waals surface area (Å²) in [5.74, 6) is 0.775. The Morgan fingerprint density at radius 2 is 1.96 bits per heavy atom. The molecule has 0 atom stereocenters. The number of esters is 1. The highest BCUT2D eigenvalue weighted by atomic mass is 16.5. The van der Waals surface area contributed by atoms with Crippen LogP contribution in [0.25, 0.3) is 0 Å². The van der Waals surface area contributed by atoms with Crippen molar-refractivity contribution < 1.29 is 9.53 Å². The first kappa shape index (κ1) is 15.2. The van der Waals surface area contributed by atoms with E-state index >= 15 is 0 Å². The Morgan fingerprint density at radius 1 is 1.22 bits per heavy atom. The number of hydrogen-bond acceptors (Lipinski definition) is 7. The highest BCUT2D eigenvalue weighted by Gasteiger charge is 2.15. The summed E-state index contributed by atoms with van der Waals surface area (Å²) >= 11 is 0. The Balaban J connectivity index is 1.66. The molecule has 0 unspecified atom stereocenters. The molecule has 1 fully saturated rings. The smallest absolute Gasteiger partial charge is 0.337 e. The van der Waals surface area contributed by atoms with E-state index < -0.39 is 0 Å². The minimum atomic E-state index is -0.364. The number of benzene rings is 1. The Labute approximate surface area is 134 Å². The van der Waals surface area contributed by atoms with Gasteiger partial charge >= 0.3 is 5.97 Å². The molecule has 1 saturated carbocycles. The van der Waals surface area contributed by atoms with E-state index in [1.165, 1.54) is 32.8 Å². The van der Waals surface area contributed by atoms with E-state index in [-0.39, 0.29) is 5.97 Å². The van der Waals surface area contributed by atoms with E-state index in [9.17, 15) is 4.79 Å². The van der Waals surface area contributed by atoms with E-state index in [0.29, 0.717) is 17.6 Å². The van der Waals surface area contributed by atoms with Crippen LogP contribution in [0.1, 0.15) is 36.0 Å². The lowest BCUT2D eigenvalue weighted by molar-refractivity contribution is 0.0601. The molecule has 0 radical (unpaired) electrons. The molecule has 7 nitrogen and oxygen atoms in total. The van der Waals surface area contributed by atoms with Crippen LogP contribution < -0.4 is 10.6 Å². The third-order valence-electron chi connectivity index (χ3n) is 3.83. The Morgan fingerprint density at radius 3 is 2.65 bits per heavy atom. The summed E-state index contributed by atoms with van der Waals surface area (Å²) in [5.41, 5.74) is 1.27. The number of ether oxygens (including phenoxy) is 1. The van der Waals surface area contributed by atoms with Crippen molar-refractivity contribution in [2.75, 3.05) is 17.7 Å². The molecule has 0 amide bonds. The average molecular weight is 313 g/mol. The van der Waals surface area contributed by atoms with Crippen LogP contribution in [0.5, 0.6) is 0 Å². The SMILES string of the molecule is COC(=O)c1ccc(Nc2nncc(NC3CCCC3)n2)cc1. The molecule has 0 saturated heterocycles. The van der Waals surface area contributed by atoms with Crippen molar-refractivity contribution in [3.63, 3.8) is 0 Å². The number of aromatic nitrogens is 3. The first-order valence-electron chi connectivity index (χ1n) is 7.66. The zero-order valence-electron chi connectivity index (χ0n) is 13.0. The molecule has 120 valence electrons. The van der Waals surface area contributed by atoms with Crippen LogP contribution in [0, 0.1) is 0 Å². The normalized spacial score (nSPS) is 14.5. The van der Waals surface area contributed by atoms with Gasteiger partial charge < -0.3 is 15.4 Å². The molecule has 0 bridgehead atoms. The second-order valence-corrected chi connectivity index (χ2v) is 5.48. The van der Waals surface area contributed by atoms with Gasteiger partial charge in [-0.1, -0.05) is 12.8 Å². The van der Waals surface area contributed by atoms with Crippen molar-refractivity contribution in [2.45, 2.75) is 31.7 Å². The Kier molecular flexibility index (Phi) is 4.65. The van der Waals surface area contributed by atoms with E-state index in [0.717, 1.165) is 11.5 Å². The molecule has 1 aliphatic rings. The summed E-state index contributed by atoms with van der Waals surface area (Å²) in [4.78, 5) is 15.8. The van der Waals surface area contributed by atoms with Crippen molar-refractivity contribution >= 4 is 23.4 Å². The second kappa shape index (κ2) is 7.04. The largest absolute Gasteiger partial charge is 0.465 e. The fourth-order valence-electron chi connectivity index (χ4n) is 2.64. The first-order chi connectivity index (χ1) is 11.2. The number of nitrogens with zero attached hydrogens (tertiary/aromatic N) is 3. The van der Waals surface area contributed by atoms with E-state index in [1.54, 1.807) is 30.5 Å². The second-order valence-electron chi connectivity index (χ2n) is 5.48. The van der Waals surface area contributed by atoms with Crippen molar-refractivity contribution in [3.05, 3.63) is 36.0 Å². The quantitative estimate of drug-likeness (QED) is 0.820. The van der Waals surface area contributed by atoms with Gasteiger partial charge in [0.15, 0.2) is 5.82 Å². The fraction of sp³-hybridized carbons (Fsp3) is 0.375. The molecular weight excluding hydrogens is 294 g/mol. The summed E-state index contributed by atoms with van der Waals surface area (Å²) in [5, 5.41) is 14.4. The van der Waals surface area contributed by atoms with Crippen LogP contribution in [-0.2, 0) is 4.74 Å². The predicted molar refractivity (Wildman–Crippen MR) is 86.8 cm³/mol. The molecule has 1 aliphatic carbocycles. The minimum absolute atomic E-state index is 0.364. The molecule has 7 heteroatoms. The van der Waals surface area contributed by atoms with Gasteiger partial charge in [-0.15, -0.1) is 5.10 Å². The zero-order valence-corrected chi connectivity index (χ0v) is 13.0. The number of rotatable bonds is 5. The number of hydrogen-bond donors (Lipinski definition) is 2. The molecule has 1 heterocycles. The first-order valence-corrected chi connectivity index (χ1v) is 7.66. The van der Waals surface area contributed by atoms with Gasteiger partial charge in [0.1, 0.15) is 0 Å². The van der Waals surface area contributed by atoms with Crippen LogP contribution in [0.2, 0.25) is 0 Å². The fourth-order valence-corrected chi connectivity index (χ4v) is 2.64. The van der Waals surface area contributed by atoms with Crippen LogP contribution in [0.3, 0.4) is 0 Å². The maximum absolute atomic E-state index is 11.4. The summed E-state index contributed by atoms with van der Waals surface area (Å²) < 4.78 is 4.67. The van der Waals surface area contributed by atoms with Crippen molar-refractivity contribution in [1.82, 2.24) is 15.2 Å². The molecule has 1 aromatic heterocycles. The van der Waals surface area contributed by atoms with E-state index in [1.807, 2.05) is 0 Å². The summed E-state index contributed by atoms with van der Waals surface area (Å²) in [7, 11) is 1.36. The molecule has 0 aliphatic heterocycles. The van der Waals surface area contributed by atoms with Crippen molar-refractivity contribution in [1.29, 1.82) is 0 Å². The van der Waals surface area contributed by atoms with Gasteiger partial charge in [0.05, 0.1) is 18.9 Å². The summed E-state index contributed by atoms with van der Waals surface area (Å²) in [6, 6.07) is 7.38. The summed E-state index contributed by atoms with van der Waals surface area (Å²) in [6.07, 6.45) is 6.48. The number of nitrogens with one attached hydrogen (secondary N) is 2. The zero-order chi connectivity index (χ0) is 16.1.